The Morgan fingerprint density at radius 1 is 1.77 bits per heavy atom. The van der Waals surface area contributed by atoms with E-state index in [1.54, 1.807) is 11.3 Å². The largest absolute Gasteiger partial charge is 0.287 e. The minimum atomic E-state index is -0.0354. The average molecular weight is 259 g/mol. The molecule has 0 spiro atoms. The molecule has 13 heavy (non-hydrogen) atoms. The van der Waals surface area contributed by atoms with Gasteiger partial charge in [0.15, 0.2) is 0 Å². The van der Waals surface area contributed by atoms with Crippen LogP contribution in [0.5, 0.6) is 0 Å². The van der Waals surface area contributed by atoms with Crippen LogP contribution in [0.15, 0.2) is 15.2 Å². The SMILES string of the molecule is CC(C#N)N(C)Cc1ccsc1Br. The van der Waals surface area contributed by atoms with Crippen LogP contribution in [0.3, 0.4) is 0 Å². The van der Waals surface area contributed by atoms with E-state index in [0.29, 0.717) is 0 Å². The number of hydrogen-bond donors (Lipinski definition) is 0. The molecule has 1 aromatic heterocycles. The molecule has 0 aliphatic rings. The fourth-order valence-corrected chi connectivity index (χ4v) is 2.15. The minimum Gasteiger partial charge on any atom is -0.287 e. The zero-order valence-corrected chi connectivity index (χ0v) is 10.0. The number of nitrogens with zero attached hydrogens (tertiary/aromatic N) is 2. The van der Waals surface area contributed by atoms with Gasteiger partial charge in [-0.3, -0.25) is 4.90 Å². The fourth-order valence-electron chi connectivity index (χ4n) is 0.936. The summed E-state index contributed by atoms with van der Waals surface area (Å²) >= 11 is 5.15. The Kier molecular flexibility index (Phi) is 3.91. The second-order valence-electron chi connectivity index (χ2n) is 2.94. The third-order valence-electron chi connectivity index (χ3n) is 1.96. The molecule has 0 fully saturated rings. The maximum absolute atomic E-state index is 8.70. The molecule has 0 amide bonds. The lowest BCUT2D eigenvalue weighted by molar-refractivity contribution is 0.294. The van der Waals surface area contributed by atoms with Crippen LogP contribution >= 0.6 is 27.3 Å². The number of hydrogen-bond acceptors (Lipinski definition) is 3. The van der Waals surface area contributed by atoms with Crippen molar-refractivity contribution < 1.29 is 0 Å². The van der Waals surface area contributed by atoms with Crippen LogP contribution in [0.25, 0.3) is 0 Å². The van der Waals surface area contributed by atoms with Crippen molar-refractivity contribution in [2.24, 2.45) is 0 Å². The Labute approximate surface area is 90.9 Å². The van der Waals surface area contributed by atoms with Gasteiger partial charge in [0.25, 0.3) is 0 Å². The smallest absolute Gasteiger partial charge is 0.0949 e. The van der Waals surface area contributed by atoms with Crippen LogP contribution in [0, 0.1) is 11.3 Å². The lowest BCUT2D eigenvalue weighted by atomic mass is 10.2. The number of rotatable bonds is 3. The van der Waals surface area contributed by atoms with E-state index in [0.717, 1.165) is 10.3 Å². The third kappa shape index (κ3) is 2.80. The lowest BCUT2D eigenvalue weighted by Gasteiger charge is -2.18. The summed E-state index contributed by atoms with van der Waals surface area (Å²) < 4.78 is 1.16. The summed E-state index contributed by atoms with van der Waals surface area (Å²) in [5.74, 6) is 0. The van der Waals surface area contributed by atoms with Crippen LogP contribution in [0.4, 0.5) is 0 Å². The highest BCUT2D eigenvalue weighted by Crippen LogP contribution is 2.24. The number of halogens is 1. The molecule has 2 nitrogen and oxygen atoms in total. The summed E-state index contributed by atoms with van der Waals surface area (Å²) in [7, 11) is 1.96. The van der Waals surface area contributed by atoms with Gasteiger partial charge in [0.05, 0.1) is 15.9 Å². The van der Waals surface area contributed by atoms with Crippen LogP contribution in [0.1, 0.15) is 12.5 Å². The van der Waals surface area contributed by atoms with E-state index in [1.807, 2.05) is 24.3 Å². The Hall–Kier alpha value is -0.370. The quantitative estimate of drug-likeness (QED) is 0.834. The van der Waals surface area contributed by atoms with E-state index in [4.69, 9.17) is 5.26 Å². The first kappa shape index (κ1) is 10.7. The van der Waals surface area contributed by atoms with E-state index in [2.05, 4.69) is 28.1 Å². The first-order chi connectivity index (χ1) is 6.15. The molecule has 1 atom stereocenters. The molecule has 0 N–H and O–H groups in total. The molecule has 0 radical (unpaired) electrons. The fraction of sp³-hybridized carbons (Fsp3) is 0.444. The summed E-state index contributed by atoms with van der Waals surface area (Å²) in [6.07, 6.45) is 0. The molecule has 0 saturated carbocycles. The molecule has 1 aromatic rings. The van der Waals surface area contributed by atoms with Gasteiger partial charge in [-0.05, 0) is 46.9 Å². The van der Waals surface area contributed by atoms with Gasteiger partial charge in [0.2, 0.25) is 0 Å². The topological polar surface area (TPSA) is 27.0 Å². The zero-order valence-electron chi connectivity index (χ0n) is 7.62. The van der Waals surface area contributed by atoms with E-state index in [1.165, 1.54) is 5.56 Å². The summed E-state index contributed by atoms with van der Waals surface area (Å²) in [6.45, 7) is 2.72. The molecule has 4 heteroatoms. The number of thiophene rings is 1. The Bertz CT molecular complexity index is 316. The summed E-state index contributed by atoms with van der Waals surface area (Å²) in [5, 5.41) is 10.7. The molecule has 0 aliphatic carbocycles. The van der Waals surface area contributed by atoms with Gasteiger partial charge >= 0.3 is 0 Å². The predicted octanol–water partition coefficient (Wildman–Crippen LogP) is 2.85. The van der Waals surface area contributed by atoms with Crippen LogP contribution in [-0.4, -0.2) is 18.0 Å². The van der Waals surface area contributed by atoms with Crippen molar-refractivity contribution in [3.63, 3.8) is 0 Å². The molecule has 0 saturated heterocycles. The maximum Gasteiger partial charge on any atom is 0.0949 e. The average Bonchev–Trinajstić information content (AvgIpc) is 2.50. The standard InChI is InChI=1S/C9H11BrN2S/c1-7(5-11)12(2)6-8-3-4-13-9(8)10/h3-4,7H,6H2,1-2H3. The Morgan fingerprint density at radius 2 is 2.46 bits per heavy atom. The monoisotopic (exact) mass is 258 g/mol. The van der Waals surface area contributed by atoms with Gasteiger partial charge in [0.1, 0.15) is 0 Å². The normalized spacial score (nSPS) is 12.8. The van der Waals surface area contributed by atoms with E-state index >= 15 is 0 Å². The van der Waals surface area contributed by atoms with Gasteiger partial charge in [-0.1, -0.05) is 0 Å². The number of nitriles is 1. The van der Waals surface area contributed by atoms with Crippen molar-refractivity contribution >= 4 is 27.3 Å². The molecule has 0 bridgehead atoms. The molecular formula is C9H11BrN2S. The highest BCUT2D eigenvalue weighted by atomic mass is 79.9. The molecule has 0 aliphatic heterocycles. The molecule has 1 rings (SSSR count). The van der Waals surface area contributed by atoms with E-state index in [9.17, 15) is 0 Å². The molecule has 70 valence electrons. The Morgan fingerprint density at radius 3 is 2.92 bits per heavy atom. The minimum absolute atomic E-state index is 0.0354. The van der Waals surface area contributed by atoms with Gasteiger partial charge < -0.3 is 0 Å². The molecule has 1 heterocycles. The van der Waals surface area contributed by atoms with Gasteiger partial charge in [-0.15, -0.1) is 11.3 Å². The van der Waals surface area contributed by atoms with Crippen LogP contribution in [-0.2, 0) is 6.54 Å². The second kappa shape index (κ2) is 4.75. The maximum atomic E-state index is 8.70. The summed E-state index contributed by atoms with van der Waals surface area (Å²) in [5.41, 5.74) is 1.25. The highest BCUT2D eigenvalue weighted by molar-refractivity contribution is 9.11. The van der Waals surface area contributed by atoms with Crippen molar-refractivity contribution in [2.75, 3.05) is 7.05 Å². The third-order valence-corrected chi connectivity index (χ3v) is 3.77. The van der Waals surface area contributed by atoms with Crippen molar-refractivity contribution in [3.05, 3.63) is 20.8 Å². The first-order valence-electron chi connectivity index (χ1n) is 3.97. The van der Waals surface area contributed by atoms with Crippen LogP contribution in [0.2, 0.25) is 0 Å². The summed E-state index contributed by atoms with van der Waals surface area (Å²) in [4.78, 5) is 2.02. The van der Waals surface area contributed by atoms with Crippen molar-refractivity contribution in [3.8, 4) is 6.07 Å². The van der Waals surface area contributed by atoms with Crippen molar-refractivity contribution in [2.45, 2.75) is 19.5 Å². The van der Waals surface area contributed by atoms with Gasteiger partial charge in [0, 0.05) is 6.54 Å². The predicted molar refractivity (Wildman–Crippen MR) is 58.6 cm³/mol. The lowest BCUT2D eigenvalue weighted by Crippen LogP contribution is -2.26. The molecule has 1 unspecified atom stereocenters. The van der Waals surface area contributed by atoms with Gasteiger partial charge in [-0.2, -0.15) is 5.26 Å². The van der Waals surface area contributed by atoms with E-state index in [-0.39, 0.29) is 6.04 Å². The zero-order chi connectivity index (χ0) is 9.84. The molecule has 0 aromatic carbocycles. The second-order valence-corrected chi connectivity index (χ2v) is 5.17. The highest BCUT2D eigenvalue weighted by Gasteiger charge is 2.10. The van der Waals surface area contributed by atoms with Crippen LogP contribution < -0.4 is 0 Å². The van der Waals surface area contributed by atoms with Crippen molar-refractivity contribution in [1.29, 1.82) is 5.26 Å². The van der Waals surface area contributed by atoms with E-state index < -0.39 is 0 Å². The molecular weight excluding hydrogens is 248 g/mol. The summed E-state index contributed by atoms with van der Waals surface area (Å²) in [6, 6.07) is 4.25. The van der Waals surface area contributed by atoms with Crippen molar-refractivity contribution in [1.82, 2.24) is 4.90 Å². The Balaban J connectivity index is 2.60. The first-order valence-corrected chi connectivity index (χ1v) is 5.64. The van der Waals surface area contributed by atoms with Gasteiger partial charge in [-0.25, -0.2) is 0 Å².